The number of aromatic nitrogens is 1. The van der Waals surface area contributed by atoms with Gasteiger partial charge in [-0.2, -0.15) is 5.26 Å². The van der Waals surface area contributed by atoms with Gasteiger partial charge in [-0.25, -0.2) is 0 Å². The number of hydrogen-bond donors (Lipinski definition) is 2. The molecule has 0 aliphatic carbocycles. The summed E-state index contributed by atoms with van der Waals surface area (Å²) >= 11 is 0. The number of aliphatic hydroxyl groups is 1. The van der Waals surface area contributed by atoms with Gasteiger partial charge in [-0.15, -0.1) is 0 Å². The third kappa shape index (κ3) is 2.78. The van der Waals surface area contributed by atoms with E-state index in [4.69, 9.17) is 10.4 Å². The zero-order valence-electron chi connectivity index (χ0n) is 11.1. The molecule has 98 valence electrons. The molecule has 4 heteroatoms. The minimum atomic E-state index is 0.0401. The molecule has 0 unspecified atom stereocenters. The molecule has 1 aromatic carbocycles. The van der Waals surface area contributed by atoms with Crippen LogP contribution in [0.25, 0.3) is 0 Å². The Labute approximate surface area is 112 Å². The molecule has 0 amide bonds. The number of rotatable bonds is 4. The van der Waals surface area contributed by atoms with Crippen molar-refractivity contribution in [3.8, 4) is 6.07 Å². The molecule has 0 aliphatic rings. The van der Waals surface area contributed by atoms with Crippen LogP contribution >= 0.6 is 0 Å². The van der Waals surface area contributed by atoms with E-state index in [0.29, 0.717) is 12.2 Å². The van der Waals surface area contributed by atoms with Crippen LogP contribution in [-0.2, 0) is 20.2 Å². The number of aliphatic hydroxyl groups excluding tert-OH is 1. The van der Waals surface area contributed by atoms with Crippen LogP contribution in [0.5, 0.6) is 0 Å². The predicted molar refractivity (Wildman–Crippen MR) is 74.6 cm³/mol. The van der Waals surface area contributed by atoms with E-state index in [-0.39, 0.29) is 6.61 Å². The average molecular weight is 255 g/mol. The summed E-state index contributed by atoms with van der Waals surface area (Å²) in [6, 6.07) is 11.7. The summed E-state index contributed by atoms with van der Waals surface area (Å²) in [5.41, 5.74) is 4.70. The van der Waals surface area contributed by atoms with E-state index in [1.165, 1.54) is 0 Å². The van der Waals surface area contributed by atoms with Gasteiger partial charge < -0.3 is 15.0 Å². The first-order valence-electron chi connectivity index (χ1n) is 6.14. The molecule has 0 spiro atoms. The fourth-order valence-corrected chi connectivity index (χ4v) is 2.03. The number of nitriles is 1. The molecule has 2 aromatic rings. The van der Waals surface area contributed by atoms with E-state index >= 15 is 0 Å². The molecule has 0 saturated carbocycles. The lowest BCUT2D eigenvalue weighted by atomic mass is 10.2. The molecule has 0 aliphatic heterocycles. The zero-order chi connectivity index (χ0) is 13.8. The van der Waals surface area contributed by atoms with Crippen molar-refractivity contribution in [2.75, 3.05) is 5.32 Å². The van der Waals surface area contributed by atoms with Gasteiger partial charge in [0.2, 0.25) is 0 Å². The second-order valence-electron chi connectivity index (χ2n) is 4.52. The molecule has 0 fully saturated rings. The van der Waals surface area contributed by atoms with Gasteiger partial charge in [-0.3, -0.25) is 0 Å². The van der Waals surface area contributed by atoms with Crippen LogP contribution in [-0.4, -0.2) is 9.67 Å². The van der Waals surface area contributed by atoms with Gasteiger partial charge >= 0.3 is 0 Å². The van der Waals surface area contributed by atoms with Crippen molar-refractivity contribution in [3.05, 3.63) is 52.8 Å². The maximum absolute atomic E-state index is 9.10. The van der Waals surface area contributed by atoms with E-state index in [1.54, 1.807) is 0 Å². The third-order valence-corrected chi connectivity index (χ3v) is 3.35. The number of nitrogens with zero attached hydrogens (tertiary/aromatic N) is 2. The average Bonchev–Trinajstić information content (AvgIpc) is 2.73. The molecule has 0 saturated heterocycles. The fourth-order valence-electron chi connectivity index (χ4n) is 2.03. The van der Waals surface area contributed by atoms with Gasteiger partial charge in [0.05, 0.1) is 6.61 Å². The van der Waals surface area contributed by atoms with E-state index in [0.717, 1.165) is 22.5 Å². The summed E-state index contributed by atoms with van der Waals surface area (Å²) < 4.78 is 1.89. The van der Waals surface area contributed by atoms with Crippen LogP contribution in [0, 0.1) is 18.3 Å². The fraction of sp³-hybridized carbons (Fsp3) is 0.267. The molecule has 1 aromatic heterocycles. The monoisotopic (exact) mass is 255 g/mol. The first-order valence-corrected chi connectivity index (χ1v) is 6.14. The van der Waals surface area contributed by atoms with Gasteiger partial charge in [0, 0.05) is 25.0 Å². The normalized spacial score (nSPS) is 10.2. The highest BCUT2D eigenvalue weighted by molar-refractivity contribution is 5.47. The molecule has 0 radical (unpaired) electrons. The zero-order valence-corrected chi connectivity index (χ0v) is 11.1. The molecule has 2 N–H and O–H groups in total. The van der Waals surface area contributed by atoms with Crippen molar-refractivity contribution in [2.45, 2.75) is 20.1 Å². The molecule has 4 nitrogen and oxygen atoms in total. The van der Waals surface area contributed by atoms with Gasteiger partial charge in [0.1, 0.15) is 11.8 Å². The number of hydrogen-bond acceptors (Lipinski definition) is 3. The Hall–Kier alpha value is -2.25. The van der Waals surface area contributed by atoms with E-state index in [1.807, 2.05) is 48.9 Å². The van der Waals surface area contributed by atoms with Gasteiger partial charge in [0.15, 0.2) is 0 Å². The quantitative estimate of drug-likeness (QED) is 0.881. The standard InChI is InChI=1S/C15H17N3O/c1-11-13(7-15(8-16)18(11)2)9-17-14-5-3-4-12(6-14)10-19/h3-7,17,19H,9-10H2,1-2H3. The molecular formula is C15H17N3O. The Morgan fingerprint density at radius 2 is 2.16 bits per heavy atom. The summed E-state index contributed by atoms with van der Waals surface area (Å²) in [6.45, 7) is 2.71. The lowest BCUT2D eigenvalue weighted by molar-refractivity contribution is 0.282. The van der Waals surface area contributed by atoms with Crippen molar-refractivity contribution in [3.63, 3.8) is 0 Å². The summed E-state index contributed by atoms with van der Waals surface area (Å²) in [5.74, 6) is 0. The molecule has 0 bridgehead atoms. The third-order valence-electron chi connectivity index (χ3n) is 3.35. The van der Waals surface area contributed by atoms with E-state index in [2.05, 4.69) is 11.4 Å². The molecule has 1 heterocycles. The van der Waals surface area contributed by atoms with E-state index in [9.17, 15) is 0 Å². The van der Waals surface area contributed by atoms with Crippen LogP contribution in [0.2, 0.25) is 0 Å². The minimum Gasteiger partial charge on any atom is -0.392 e. The van der Waals surface area contributed by atoms with Crippen LogP contribution in [0.4, 0.5) is 5.69 Å². The second-order valence-corrected chi connectivity index (χ2v) is 4.52. The highest BCUT2D eigenvalue weighted by atomic mass is 16.3. The van der Waals surface area contributed by atoms with Gasteiger partial charge in [0.25, 0.3) is 0 Å². The largest absolute Gasteiger partial charge is 0.392 e. The summed E-state index contributed by atoms with van der Waals surface area (Å²) in [4.78, 5) is 0. The summed E-state index contributed by atoms with van der Waals surface area (Å²) in [7, 11) is 1.89. The number of benzene rings is 1. The Morgan fingerprint density at radius 3 is 2.79 bits per heavy atom. The summed E-state index contributed by atoms with van der Waals surface area (Å²) in [5, 5.41) is 21.4. The van der Waals surface area contributed by atoms with Crippen LogP contribution in [0.3, 0.4) is 0 Å². The van der Waals surface area contributed by atoms with Crippen LogP contribution in [0.1, 0.15) is 22.5 Å². The maximum Gasteiger partial charge on any atom is 0.120 e. The highest BCUT2D eigenvalue weighted by Gasteiger charge is 2.08. The smallest absolute Gasteiger partial charge is 0.120 e. The summed E-state index contributed by atoms with van der Waals surface area (Å²) in [6.07, 6.45) is 0. The minimum absolute atomic E-state index is 0.0401. The van der Waals surface area contributed by atoms with E-state index < -0.39 is 0 Å². The first kappa shape index (κ1) is 13.2. The molecule has 0 atom stereocenters. The van der Waals surface area contributed by atoms with Crippen molar-refractivity contribution in [2.24, 2.45) is 7.05 Å². The lowest BCUT2D eigenvalue weighted by Crippen LogP contribution is -2.01. The van der Waals surface area contributed by atoms with Crippen molar-refractivity contribution in [1.29, 1.82) is 5.26 Å². The van der Waals surface area contributed by atoms with Crippen LogP contribution < -0.4 is 5.32 Å². The predicted octanol–water partition coefficient (Wildman–Crippen LogP) is 2.31. The second kappa shape index (κ2) is 5.59. The van der Waals surface area contributed by atoms with Gasteiger partial charge in [-0.1, -0.05) is 12.1 Å². The topological polar surface area (TPSA) is 61.0 Å². The SMILES string of the molecule is Cc1c(CNc2cccc(CO)c2)cc(C#N)n1C. The van der Waals surface area contributed by atoms with Crippen molar-refractivity contribution in [1.82, 2.24) is 4.57 Å². The van der Waals surface area contributed by atoms with Gasteiger partial charge in [-0.05, 0) is 36.2 Å². The van der Waals surface area contributed by atoms with Crippen molar-refractivity contribution >= 4 is 5.69 Å². The Balaban J connectivity index is 2.12. The number of nitrogens with one attached hydrogen (secondary N) is 1. The lowest BCUT2D eigenvalue weighted by Gasteiger charge is -2.08. The highest BCUT2D eigenvalue weighted by Crippen LogP contribution is 2.16. The molecular weight excluding hydrogens is 238 g/mol. The maximum atomic E-state index is 9.10. The van der Waals surface area contributed by atoms with Crippen molar-refractivity contribution < 1.29 is 5.11 Å². The Morgan fingerprint density at radius 1 is 1.37 bits per heavy atom. The van der Waals surface area contributed by atoms with Crippen LogP contribution in [0.15, 0.2) is 30.3 Å². The first-order chi connectivity index (χ1) is 9.15. The molecule has 2 rings (SSSR count). The Bertz CT molecular complexity index is 623. The Kier molecular flexibility index (Phi) is 3.88. The number of anilines is 1. The molecule has 19 heavy (non-hydrogen) atoms.